The van der Waals surface area contributed by atoms with Crippen molar-refractivity contribution >= 4 is 30.8 Å². The second kappa shape index (κ2) is 7.35. The molecule has 0 aliphatic rings. The first kappa shape index (κ1) is 16.9. The van der Waals surface area contributed by atoms with E-state index in [0.29, 0.717) is 0 Å². The fourth-order valence-corrected chi connectivity index (χ4v) is 14.2. The minimum atomic E-state index is -3.03. The summed E-state index contributed by atoms with van der Waals surface area (Å²) in [6, 6.07) is 42.5. The first-order valence-corrected chi connectivity index (χ1v) is 13.2. The normalized spacial score (nSPS) is 11.3. The summed E-state index contributed by atoms with van der Waals surface area (Å²) in [6.45, 7) is 2.19. The van der Waals surface area contributed by atoms with Crippen molar-refractivity contribution in [2.45, 2.75) is 6.92 Å². The van der Waals surface area contributed by atoms with Gasteiger partial charge in [-0.3, -0.25) is 0 Å². The maximum atomic E-state index is 2.40. The van der Waals surface area contributed by atoms with Crippen LogP contribution in [0.25, 0.3) is 0 Å². The monoisotopic (exact) mass is 396 g/mol. The molecule has 0 heterocycles. The van der Waals surface area contributed by atoms with Crippen molar-refractivity contribution in [3.05, 3.63) is 121 Å². The molecule has 0 amide bonds. The van der Waals surface area contributed by atoms with Gasteiger partial charge in [0.05, 0.1) is 0 Å². The predicted octanol–water partition coefficient (Wildman–Crippen LogP) is 3.37. The van der Waals surface area contributed by atoms with Crippen LogP contribution in [0.3, 0.4) is 0 Å². The van der Waals surface area contributed by atoms with E-state index in [-0.39, 0.29) is 0 Å². The summed E-state index contributed by atoms with van der Waals surface area (Å²) in [4.78, 5) is 0. The molecule has 0 saturated carbocycles. The van der Waals surface area contributed by atoms with Crippen LogP contribution in [0, 0.1) is 6.92 Å². The first-order valence-electron chi connectivity index (χ1n) is 9.05. The van der Waals surface area contributed by atoms with E-state index >= 15 is 0 Å². The van der Waals surface area contributed by atoms with Crippen molar-refractivity contribution in [1.29, 1.82) is 0 Å². The van der Waals surface area contributed by atoms with Crippen molar-refractivity contribution in [3.63, 3.8) is 0 Å². The second-order valence-corrected chi connectivity index (χ2v) is 14.7. The summed E-state index contributed by atoms with van der Waals surface area (Å²) < 4.78 is 5.88. The van der Waals surface area contributed by atoms with Gasteiger partial charge in [-0.15, -0.1) is 0 Å². The zero-order chi connectivity index (χ0) is 17.8. The Morgan fingerprint density at radius 1 is 0.423 bits per heavy atom. The average Bonchev–Trinajstić information content (AvgIpc) is 2.71. The first-order chi connectivity index (χ1) is 12.8. The van der Waals surface area contributed by atoms with Gasteiger partial charge < -0.3 is 0 Å². The average molecular weight is 395 g/mol. The van der Waals surface area contributed by atoms with Crippen molar-refractivity contribution < 1.29 is 0 Å². The molecule has 0 aliphatic carbocycles. The van der Waals surface area contributed by atoms with Gasteiger partial charge in [-0.25, -0.2) is 0 Å². The fourth-order valence-electron chi connectivity index (χ4n) is 3.94. The molecule has 0 atom stereocenters. The van der Waals surface area contributed by atoms with Gasteiger partial charge >= 0.3 is 159 Å². The Hall–Kier alpha value is -2.58. The molecule has 4 rings (SSSR count). The summed E-state index contributed by atoms with van der Waals surface area (Å²) in [5.74, 6) is 0. The minimum absolute atomic E-state index is 1.32. The van der Waals surface area contributed by atoms with Crippen LogP contribution in [0.4, 0.5) is 0 Å². The molecule has 0 aliphatic heterocycles. The van der Waals surface area contributed by atoms with Gasteiger partial charge in [-0.05, 0) is 0 Å². The van der Waals surface area contributed by atoms with E-state index < -0.39 is 13.3 Å². The summed E-state index contributed by atoms with van der Waals surface area (Å²) in [5.41, 5.74) is 1.32. The van der Waals surface area contributed by atoms with Crippen LogP contribution < -0.4 is 17.6 Å². The third-order valence-electron chi connectivity index (χ3n) is 5.07. The number of hydrogen-bond donors (Lipinski definition) is 0. The molecule has 0 nitrogen and oxygen atoms in total. The number of aryl methyl sites for hydroxylation is 1. The van der Waals surface area contributed by atoms with E-state index in [1.165, 1.54) is 23.1 Å². The third kappa shape index (κ3) is 2.91. The molecule has 0 bridgehead atoms. The Morgan fingerprint density at radius 2 is 0.808 bits per heavy atom. The van der Waals surface area contributed by atoms with Crippen LogP contribution in [-0.2, 0) is 0 Å². The Balaban J connectivity index is 2.14. The molecule has 0 spiro atoms. The van der Waals surface area contributed by atoms with Crippen molar-refractivity contribution in [1.82, 2.24) is 0 Å². The number of hydrogen-bond acceptors (Lipinski definition) is 0. The van der Waals surface area contributed by atoms with Gasteiger partial charge in [0.25, 0.3) is 0 Å². The Morgan fingerprint density at radius 3 is 1.19 bits per heavy atom. The van der Waals surface area contributed by atoms with Gasteiger partial charge in [-0.1, -0.05) is 0 Å². The molecule has 126 valence electrons. The van der Waals surface area contributed by atoms with Crippen molar-refractivity contribution in [3.8, 4) is 0 Å². The molecule has 1 heteroatoms. The van der Waals surface area contributed by atoms with Crippen LogP contribution in [0.5, 0.6) is 0 Å². The van der Waals surface area contributed by atoms with Crippen LogP contribution >= 0.6 is 0 Å². The van der Waals surface area contributed by atoms with Crippen LogP contribution in [0.2, 0.25) is 0 Å². The quantitative estimate of drug-likeness (QED) is 0.465. The molecule has 4 aromatic rings. The summed E-state index contributed by atoms with van der Waals surface area (Å²) >= 11 is -3.03. The molecule has 0 aromatic heterocycles. The molecule has 0 unspecified atom stereocenters. The van der Waals surface area contributed by atoms with E-state index in [2.05, 4.69) is 122 Å². The fraction of sp³-hybridized carbons (Fsp3) is 0.0400. The summed E-state index contributed by atoms with van der Waals surface area (Å²) in [7, 11) is 0. The maximum absolute atomic E-state index is 3.03. The third-order valence-corrected chi connectivity index (χ3v) is 15.1. The molecular formula is C25H22Ge. The number of benzene rings is 4. The predicted molar refractivity (Wildman–Crippen MR) is 115 cm³/mol. The standard InChI is InChI=1S/C25H22Ge/c1-21-12-11-19-25(20-21)26(22-13-5-2-6-14-22,23-15-7-3-8-16-23)24-17-9-4-10-18-24/h2-20H,1H3. The Kier molecular flexibility index (Phi) is 4.77. The van der Waals surface area contributed by atoms with E-state index in [1.807, 2.05) is 0 Å². The SMILES string of the molecule is Cc1ccc[c]([Ge]([c]2ccccc2)([c]2ccccc2)[c]2ccccc2)c1. The zero-order valence-electron chi connectivity index (χ0n) is 15.0. The number of rotatable bonds is 4. The Bertz CT molecular complexity index is 879. The molecule has 0 saturated heterocycles. The van der Waals surface area contributed by atoms with Crippen LogP contribution in [-0.4, -0.2) is 13.3 Å². The Labute approximate surface area is 158 Å². The van der Waals surface area contributed by atoms with Gasteiger partial charge in [0, 0.05) is 0 Å². The van der Waals surface area contributed by atoms with Gasteiger partial charge in [0.1, 0.15) is 0 Å². The summed E-state index contributed by atoms with van der Waals surface area (Å²) in [5, 5.41) is 0. The van der Waals surface area contributed by atoms with Crippen LogP contribution in [0.1, 0.15) is 5.56 Å². The molecule has 26 heavy (non-hydrogen) atoms. The molecule has 0 fully saturated rings. The van der Waals surface area contributed by atoms with Crippen LogP contribution in [0.15, 0.2) is 115 Å². The summed E-state index contributed by atoms with van der Waals surface area (Å²) in [6.07, 6.45) is 0. The van der Waals surface area contributed by atoms with Crippen molar-refractivity contribution in [2.75, 3.05) is 0 Å². The molecule has 0 N–H and O–H groups in total. The van der Waals surface area contributed by atoms with E-state index in [1.54, 1.807) is 0 Å². The molecular weight excluding hydrogens is 373 g/mol. The topological polar surface area (TPSA) is 0 Å². The van der Waals surface area contributed by atoms with Gasteiger partial charge in [-0.2, -0.15) is 0 Å². The molecule has 0 radical (unpaired) electrons. The van der Waals surface area contributed by atoms with Gasteiger partial charge in [0.15, 0.2) is 0 Å². The van der Waals surface area contributed by atoms with E-state index in [0.717, 1.165) is 0 Å². The van der Waals surface area contributed by atoms with E-state index in [9.17, 15) is 0 Å². The van der Waals surface area contributed by atoms with Gasteiger partial charge in [0.2, 0.25) is 0 Å². The van der Waals surface area contributed by atoms with E-state index in [4.69, 9.17) is 0 Å². The zero-order valence-corrected chi connectivity index (χ0v) is 17.1. The molecule has 4 aromatic carbocycles. The van der Waals surface area contributed by atoms with Crippen molar-refractivity contribution in [2.24, 2.45) is 0 Å². The second-order valence-electron chi connectivity index (χ2n) is 6.72.